The van der Waals surface area contributed by atoms with Gasteiger partial charge in [0.1, 0.15) is 12.4 Å². The van der Waals surface area contributed by atoms with Crippen LogP contribution >= 0.6 is 11.8 Å². The third-order valence-corrected chi connectivity index (χ3v) is 5.57. The van der Waals surface area contributed by atoms with E-state index in [2.05, 4.69) is 22.4 Å². The maximum absolute atomic E-state index is 12.6. The predicted molar refractivity (Wildman–Crippen MR) is 119 cm³/mol. The minimum Gasteiger partial charge on any atom is -0.489 e. The minimum atomic E-state index is -0.408. The fourth-order valence-electron chi connectivity index (χ4n) is 2.74. The Hall–Kier alpha value is -3.00. The fraction of sp³-hybridized carbons (Fsp3) is 0.318. The number of aromatic amines is 1. The largest absolute Gasteiger partial charge is 0.489 e. The summed E-state index contributed by atoms with van der Waals surface area (Å²) < 4.78 is 7.35. The summed E-state index contributed by atoms with van der Waals surface area (Å²) in [7, 11) is 0. The van der Waals surface area contributed by atoms with E-state index in [1.807, 2.05) is 42.5 Å². The van der Waals surface area contributed by atoms with Gasteiger partial charge in [-0.25, -0.2) is 9.89 Å². The van der Waals surface area contributed by atoms with Gasteiger partial charge in [-0.05, 0) is 43.2 Å². The van der Waals surface area contributed by atoms with Gasteiger partial charge in [-0.1, -0.05) is 55.4 Å². The summed E-state index contributed by atoms with van der Waals surface area (Å²) in [5, 5.41) is 9.52. The fourth-order valence-corrected chi connectivity index (χ4v) is 3.62. The zero-order valence-electron chi connectivity index (χ0n) is 17.1. The first kappa shape index (κ1) is 21.7. The minimum absolute atomic E-state index is 0.157. The number of nitrogens with zero attached hydrogens (tertiary/aromatic N) is 2. The molecule has 2 aromatic carbocycles. The number of ether oxygens (including phenoxy) is 1. The van der Waals surface area contributed by atoms with E-state index in [1.54, 1.807) is 23.6 Å². The molecule has 0 bridgehead atoms. The van der Waals surface area contributed by atoms with E-state index in [1.165, 1.54) is 11.8 Å². The SMILES string of the molecule is CCCCn1c(S[C@H](C)C(=O)Nc2ccc(OCc3ccccc3)cc2)n[nH]c1=O. The van der Waals surface area contributed by atoms with Crippen molar-refractivity contribution in [3.05, 3.63) is 70.6 Å². The first-order valence-electron chi connectivity index (χ1n) is 9.96. The molecular weight excluding hydrogens is 400 g/mol. The normalized spacial score (nSPS) is 11.8. The molecule has 7 nitrogen and oxygen atoms in total. The Morgan fingerprint density at radius 3 is 2.63 bits per heavy atom. The van der Waals surface area contributed by atoms with E-state index in [0.29, 0.717) is 24.0 Å². The Kier molecular flexibility index (Phi) is 7.73. The molecule has 0 aliphatic rings. The summed E-state index contributed by atoms with van der Waals surface area (Å²) >= 11 is 1.26. The van der Waals surface area contributed by atoms with Crippen molar-refractivity contribution in [2.45, 2.75) is 50.2 Å². The molecule has 1 amide bonds. The predicted octanol–water partition coefficient (Wildman–Crippen LogP) is 4.07. The first-order chi connectivity index (χ1) is 14.6. The summed E-state index contributed by atoms with van der Waals surface area (Å²) in [4.78, 5) is 24.4. The van der Waals surface area contributed by atoms with Crippen LogP contribution in [0.1, 0.15) is 32.3 Å². The van der Waals surface area contributed by atoms with Crippen molar-refractivity contribution in [2.75, 3.05) is 5.32 Å². The maximum Gasteiger partial charge on any atom is 0.343 e. The third kappa shape index (κ3) is 6.00. The molecule has 0 unspecified atom stereocenters. The van der Waals surface area contributed by atoms with Gasteiger partial charge in [-0.3, -0.25) is 9.36 Å². The number of amides is 1. The van der Waals surface area contributed by atoms with Crippen LogP contribution in [0.5, 0.6) is 5.75 Å². The smallest absolute Gasteiger partial charge is 0.343 e. The number of benzene rings is 2. The molecule has 0 saturated heterocycles. The molecule has 1 aromatic heterocycles. The van der Waals surface area contributed by atoms with Crippen LogP contribution in [0, 0.1) is 0 Å². The van der Waals surface area contributed by atoms with Crippen LogP contribution in [-0.2, 0) is 17.9 Å². The van der Waals surface area contributed by atoms with Crippen molar-refractivity contribution in [3.63, 3.8) is 0 Å². The van der Waals surface area contributed by atoms with Gasteiger partial charge >= 0.3 is 5.69 Å². The molecule has 3 rings (SSSR count). The number of hydrogen-bond donors (Lipinski definition) is 2. The number of anilines is 1. The lowest BCUT2D eigenvalue weighted by Crippen LogP contribution is -2.24. The van der Waals surface area contributed by atoms with Crippen molar-refractivity contribution in [2.24, 2.45) is 0 Å². The number of H-pyrrole nitrogens is 1. The zero-order valence-corrected chi connectivity index (χ0v) is 17.9. The summed E-state index contributed by atoms with van der Waals surface area (Å²) in [5.41, 5.74) is 1.53. The molecule has 0 spiro atoms. The Morgan fingerprint density at radius 1 is 1.20 bits per heavy atom. The number of carbonyl (C=O) groups is 1. The molecule has 158 valence electrons. The zero-order chi connectivity index (χ0) is 21.3. The van der Waals surface area contributed by atoms with Crippen LogP contribution in [0.3, 0.4) is 0 Å². The summed E-state index contributed by atoms with van der Waals surface area (Å²) in [6.07, 6.45) is 1.86. The standard InChI is InChI=1S/C22H26N4O3S/c1-3-4-14-26-21(28)24-25-22(26)30-16(2)20(27)23-18-10-12-19(13-11-18)29-15-17-8-6-5-7-9-17/h5-13,16H,3-4,14-15H2,1-2H3,(H,23,27)(H,24,28)/t16-/m1/s1. The second kappa shape index (κ2) is 10.7. The number of hydrogen-bond acceptors (Lipinski definition) is 5. The number of thioether (sulfide) groups is 1. The molecule has 0 radical (unpaired) electrons. The van der Waals surface area contributed by atoms with Crippen LogP contribution in [-0.4, -0.2) is 25.9 Å². The number of aromatic nitrogens is 3. The number of carbonyl (C=O) groups excluding carboxylic acids is 1. The van der Waals surface area contributed by atoms with Gasteiger partial charge < -0.3 is 10.1 Å². The van der Waals surface area contributed by atoms with E-state index in [9.17, 15) is 9.59 Å². The quantitative estimate of drug-likeness (QED) is 0.477. The molecule has 3 aromatic rings. The molecule has 2 N–H and O–H groups in total. The van der Waals surface area contributed by atoms with Gasteiger partial charge in [-0.2, -0.15) is 0 Å². The van der Waals surface area contributed by atoms with E-state index < -0.39 is 5.25 Å². The molecule has 30 heavy (non-hydrogen) atoms. The average molecular weight is 427 g/mol. The van der Waals surface area contributed by atoms with Crippen molar-refractivity contribution in [1.82, 2.24) is 14.8 Å². The highest BCUT2D eigenvalue weighted by Crippen LogP contribution is 2.23. The highest BCUT2D eigenvalue weighted by Gasteiger charge is 2.19. The van der Waals surface area contributed by atoms with Gasteiger partial charge in [0.05, 0.1) is 5.25 Å². The van der Waals surface area contributed by atoms with Gasteiger partial charge in [0.2, 0.25) is 5.91 Å². The van der Waals surface area contributed by atoms with Gasteiger partial charge in [0.25, 0.3) is 0 Å². The van der Waals surface area contributed by atoms with E-state index in [-0.39, 0.29) is 11.6 Å². The number of nitrogens with one attached hydrogen (secondary N) is 2. The van der Waals surface area contributed by atoms with E-state index in [0.717, 1.165) is 24.2 Å². The molecule has 1 heterocycles. The molecule has 1 atom stereocenters. The van der Waals surface area contributed by atoms with Crippen LogP contribution < -0.4 is 15.7 Å². The monoisotopic (exact) mass is 426 g/mol. The van der Waals surface area contributed by atoms with Crippen LogP contribution in [0.25, 0.3) is 0 Å². The van der Waals surface area contributed by atoms with Crippen LogP contribution in [0.15, 0.2) is 64.5 Å². The van der Waals surface area contributed by atoms with E-state index >= 15 is 0 Å². The van der Waals surface area contributed by atoms with Crippen LogP contribution in [0.4, 0.5) is 5.69 Å². The highest BCUT2D eigenvalue weighted by atomic mass is 32.2. The summed E-state index contributed by atoms with van der Waals surface area (Å²) in [6.45, 7) is 4.93. The van der Waals surface area contributed by atoms with Crippen molar-refractivity contribution >= 4 is 23.4 Å². The molecule has 0 aliphatic heterocycles. The molecule has 8 heteroatoms. The van der Waals surface area contributed by atoms with Crippen molar-refractivity contribution in [3.8, 4) is 5.75 Å². The summed E-state index contributed by atoms with van der Waals surface area (Å²) in [5.74, 6) is 0.575. The topological polar surface area (TPSA) is 89.0 Å². The molecule has 0 fully saturated rings. The Balaban J connectivity index is 1.53. The Bertz CT molecular complexity index is 999. The molecule has 0 saturated carbocycles. The van der Waals surface area contributed by atoms with E-state index in [4.69, 9.17) is 4.74 Å². The summed E-state index contributed by atoms with van der Waals surface area (Å²) in [6, 6.07) is 17.2. The Morgan fingerprint density at radius 2 is 1.93 bits per heavy atom. The Labute approximate surface area is 179 Å². The first-order valence-corrected chi connectivity index (χ1v) is 10.8. The van der Waals surface area contributed by atoms with Gasteiger partial charge in [0.15, 0.2) is 5.16 Å². The lowest BCUT2D eigenvalue weighted by atomic mass is 10.2. The second-order valence-corrected chi connectivity index (χ2v) is 8.17. The van der Waals surface area contributed by atoms with Gasteiger partial charge in [0, 0.05) is 12.2 Å². The highest BCUT2D eigenvalue weighted by molar-refractivity contribution is 8.00. The maximum atomic E-state index is 12.6. The van der Waals surface area contributed by atoms with Crippen LogP contribution in [0.2, 0.25) is 0 Å². The lowest BCUT2D eigenvalue weighted by Gasteiger charge is -2.13. The number of unbranched alkanes of at least 4 members (excludes halogenated alkanes) is 1. The second-order valence-electron chi connectivity index (χ2n) is 6.86. The average Bonchev–Trinajstić information content (AvgIpc) is 3.11. The lowest BCUT2D eigenvalue weighted by molar-refractivity contribution is -0.115. The molecular formula is C22H26N4O3S. The molecule has 0 aliphatic carbocycles. The van der Waals surface area contributed by atoms with Crippen molar-refractivity contribution < 1.29 is 9.53 Å². The van der Waals surface area contributed by atoms with Crippen molar-refractivity contribution in [1.29, 1.82) is 0 Å². The van der Waals surface area contributed by atoms with Gasteiger partial charge in [-0.15, -0.1) is 5.10 Å². The third-order valence-electron chi connectivity index (χ3n) is 4.48. The number of rotatable bonds is 10.